The van der Waals surface area contributed by atoms with E-state index in [1.165, 1.54) is 23.1 Å². The Morgan fingerprint density at radius 2 is 2.28 bits per heavy atom. The van der Waals surface area contributed by atoms with Crippen molar-refractivity contribution in [3.63, 3.8) is 0 Å². The second-order valence-corrected chi connectivity index (χ2v) is 8.29. The van der Waals surface area contributed by atoms with Gasteiger partial charge in [0.25, 0.3) is 5.91 Å². The van der Waals surface area contributed by atoms with Gasteiger partial charge in [-0.15, -0.1) is 11.3 Å². The van der Waals surface area contributed by atoms with Crippen LogP contribution in [-0.4, -0.2) is 27.5 Å². The number of hydrogen-bond acceptors (Lipinski definition) is 6. The summed E-state index contributed by atoms with van der Waals surface area (Å²) in [6.07, 6.45) is 4.48. The van der Waals surface area contributed by atoms with Crippen LogP contribution in [0.1, 0.15) is 39.8 Å². The Balaban J connectivity index is 1.71. The molecule has 3 N–H and O–H groups in total. The van der Waals surface area contributed by atoms with Crippen LogP contribution in [0.5, 0.6) is 0 Å². The number of carbonyl (C=O) groups excluding carboxylic acids is 2. The first-order valence-corrected chi connectivity index (χ1v) is 9.91. The van der Waals surface area contributed by atoms with Gasteiger partial charge in [-0.05, 0) is 43.7 Å². The van der Waals surface area contributed by atoms with Gasteiger partial charge in [0.05, 0.1) is 11.3 Å². The van der Waals surface area contributed by atoms with E-state index < -0.39 is 5.91 Å². The summed E-state index contributed by atoms with van der Waals surface area (Å²) in [6.45, 7) is 4.07. The van der Waals surface area contributed by atoms with E-state index in [1.54, 1.807) is 12.3 Å². The molecule has 3 rings (SSSR count). The van der Waals surface area contributed by atoms with Crippen LogP contribution < -0.4 is 11.1 Å². The number of amides is 2. The average molecular weight is 377 g/mol. The molecule has 1 aliphatic rings. The zero-order valence-electron chi connectivity index (χ0n) is 14.2. The summed E-state index contributed by atoms with van der Waals surface area (Å²) in [5.41, 5.74) is 7.92. The molecule has 8 heteroatoms. The molecule has 0 aromatic carbocycles. The second kappa shape index (κ2) is 7.53. The van der Waals surface area contributed by atoms with Crippen LogP contribution in [-0.2, 0) is 17.6 Å². The lowest BCUT2D eigenvalue weighted by molar-refractivity contribution is -0.113. The van der Waals surface area contributed by atoms with Crippen LogP contribution in [0.25, 0.3) is 0 Å². The summed E-state index contributed by atoms with van der Waals surface area (Å²) in [5.74, 6) is 0.103. The molecule has 25 heavy (non-hydrogen) atoms. The lowest BCUT2D eigenvalue weighted by Gasteiger charge is -2.18. The van der Waals surface area contributed by atoms with E-state index in [-0.39, 0.29) is 11.7 Å². The molecule has 0 spiro atoms. The Kier molecular flexibility index (Phi) is 5.39. The van der Waals surface area contributed by atoms with Gasteiger partial charge in [-0.1, -0.05) is 18.7 Å². The quantitative estimate of drug-likeness (QED) is 0.618. The highest BCUT2D eigenvalue weighted by molar-refractivity contribution is 7.99. The third-order valence-corrected chi connectivity index (χ3v) is 6.15. The fraction of sp³-hybridized carbons (Fsp3) is 0.412. The van der Waals surface area contributed by atoms with Crippen molar-refractivity contribution in [3.05, 3.63) is 34.0 Å². The molecule has 0 bridgehead atoms. The predicted molar refractivity (Wildman–Crippen MR) is 100 cm³/mol. The molecule has 0 aliphatic heterocycles. The Labute approximate surface area is 154 Å². The van der Waals surface area contributed by atoms with Gasteiger partial charge in [0.15, 0.2) is 5.16 Å². The summed E-state index contributed by atoms with van der Waals surface area (Å²) >= 11 is 2.74. The van der Waals surface area contributed by atoms with E-state index in [4.69, 9.17) is 5.73 Å². The maximum absolute atomic E-state index is 12.3. The molecular weight excluding hydrogens is 356 g/mol. The largest absolute Gasteiger partial charge is 0.365 e. The van der Waals surface area contributed by atoms with Crippen molar-refractivity contribution in [1.82, 2.24) is 9.97 Å². The smallest absolute Gasteiger partial charge is 0.251 e. The monoisotopic (exact) mass is 376 g/mol. The summed E-state index contributed by atoms with van der Waals surface area (Å²) in [7, 11) is 0. The number of fused-ring (bicyclic) bond motifs is 1. The lowest BCUT2D eigenvalue weighted by atomic mass is 9.88. The Bertz CT molecular complexity index is 819. The summed E-state index contributed by atoms with van der Waals surface area (Å²) < 4.78 is 0. The molecule has 132 valence electrons. The third kappa shape index (κ3) is 4.19. The molecule has 0 unspecified atom stereocenters. The minimum absolute atomic E-state index is 0.181. The second-order valence-electron chi connectivity index (χ2n) is 6.24. The first-order valence-electron chi connectivity index (χ1n) is 8.10. The van der Waals surface area contributed by atoms with Crippen molar-refractivity contribution in [2.24, 2.45) is 11.7 Å². The number of thioether (sulfide) groups is 1. The van der Waals surface area contributed by atoms with Crippen molar-refractivity contribution in [2.75, 3.05) is 11.1 Å². The average Bonchev–Trinajstić information content (AvgIpc) is 2.90. The maximum Gasteiger partial charge on any atom is 0.251 e. The van der Waals surface area contributed by atoms with E-state index in [1.807, 2.05) is 6.92 Å². The fourth-order valence-electron chi connectivity index (χ4n) is 2.89. The van der Waals surface area contributed by atoms with Crippen LogP contribution >= 0.6 is 23.1 Å². The SMILES string of the molecule is Cc1ccnc(SCC(=O)Nc2sc3c(c2C(N)=O)CC[C@@H](C)C3)n1. The molecule has 0 saturated heterocycles. The van der Waals surface area contributed by atoms with Crippen LogP contribution in [0, 0.1) is 12.8 Å². The van der Waals surface area contributed by atoms with E-state index in [2.05, 4.69) is 22.2 Å². The number of thiophene rings is 1. The molecule has 6 nitrogen and oxygen atoms in total. The number of anilines is 1. The van der Waals surface area contributed by atoms with Gasteiger partial charge < -0.3 is 11.1 Å². The number of nitrogens with two attached hydrogens (primary N) is 1. The Morgan fingerprint density at radius 3 is 3.00 bits per heavy atom. The van der Waals surface area contributed by atoms with Crippen LogP contribution in [0.2, 0.25) is 0 Å². The molecule has 0 fully saturated rings. The highest BCUT2D eigenvalue weighted by Crippen LogP contribution is 2.39. The van der Waals surface area contributed by atoms with Gasteiger partial charge in [0, 0.05) is 16.8 Å². The molecule has 1 aliphatic carbocycles. The van der Waals surface area contributed by atoms with E-state index in [0.29, 0.717) is 21.6 Å². The normalized spacial score (nSPS) is 16.3. The van der Waals surface area contributed by atoms with E-state index in [0.717, 1.165) is 35.4 Å². The van der Waals surface area contributed by atoms with Crippen LogP contribution in [0.4, 0.5) is 5.00 Å². The molecule has 2 aromatic heterocycles. The zero-order chi connectivity index (χ0) is 18.0. The Hall–Kier alpha value is -1.93. The van der Waals surface area contributed by atoms with E-state index >= 15 is 0 Å². The number of aryl methyl sites for hydroxylation is 1. The first-order chi connectivity index (χ1) is 11.9. The maximum atomic E-state index is 12.3. The van der Waals surface area contributed by atoms with Crippen molar-refractivity contribution in [1.29, 1.82) is 0 Å². The fourth-order valence-corrected chi connectivity index (χ4v) is 5.00. The molecular formula is C17H20N4O2S2. The van der Waals surface area contributed by atoms with Crippen LogP contribution in [0.3, 0.4) is 0 Å². The minimum Gasteiger partial charge on any atom is -0.365 e. The van der Waals surface area contributed by atoms with Crippen molar-refractivity contribution < 1.29 is 9.59 Å². The summed E-state index contributed by atoms with van der Waals surface area (Å²) in [5, 5.41) is 3.98. The summed E-state index contributed by atoms with van der Waals surface area (Å²) in [4.78, 5) is 33.7. The highest BCUT2D eigenvalue weighted by Gasteiger charge is 2.27. The van der Waals surface area contributed by atoms with Gasteiger partial charge in [-0.3, -0.25) is 9.59 Å². The van der Waals surface area contributed by atoms with Crippen molar-refractivity contribution >= 4 is 39.9 Å². The van der Waals surface area contributed by atoms with Crippen molar-refractivity contribution in [2.45, 2.75) is 38.3 Å². The zero-order valence-corrected chi connectivity index (χ0v) is 15.8. The number of primary amides is 1. The van der Waals surface area contributed by atoms with Gasteiger partial charge in [-0.25, -0.2) is 9.97 Å². The van der Waals surface area contributed by atoms with Gasteiger partial charge in [0.2, 0.25) is 5.91 Å². The molecule has 2 aromatic rings. The topological polar surface area (TPSA) is 98.0 Å². The number of rotatable bonds is 5. The summed E-state index contributed by atoms with van der Waals surface area (Å²) in [6, 6.07) is 1.81. The standard InChI is InChI=1S/C17H20N4O2S2/c1-9-3-4-11-12(7-9)25-16(14(11)15(18)23)21-13(22)8-24-17-19-6-5-10(2)20-17/h5-6,9H,3-4,7-8H2,1-2H3,(H2,18,23)(H,21,22)/t9-/m1/s1. The molecule has 0 radical (unpaired) electrons. The number of nitrogens with one attached hydrogen (secondary N) is 1. The van der Waals surface area contributed by atoms with E-state index in [9.17, 15) is 9.59 Å². The molecule has 1 atom stereocenters. The third-order valence-electron chi connectivity index (χ3n) is 4.12. The number of carbonyl (C=O) groups is 2. The number of aromatic nitrogens is 2. The van der Waals surface area contributed by atoms with Gasteiger partial charge in [-0.2, -0.15) is 0 Å². The number of nitrogens with zero attached hydrogens (tertiary/aromatic N) is 2. The molecule has 2 heterocycles. The minimum atomic E-state index is -0.475. The highest BCUT2D eigenvalue weighted by atomic mass is 32.2. The lowest BCUT2D eigenvalue weighted by Crippen LogP contribution is -2.20. The molecule has 0 saturated carbocycles. The van der Waals surface area contributed by atoms with Crippen molar-refractivity contribution in [3.8, 4) is 0 Å². The predicted octanol–water partition coefficient (Wildman–Crippen LogP) is 2.80. The number of hydrogen-bond donors (Lipinski definition) is 2. The van der Waals surface area contributed by atoms with Gasteiger partial charge in [0.1, 0.15) is 5.00 Å². The molecule has 2 amide bonds. The first kappa shape index (κ1) is 17.9. The van der Waals surface area contributed by atoms with Gasteiger partial charge >= 0.3 is 0 Å². The Morgan fingerprint density at radius 1 is 1.48 bits per heavy atom. The van der Waals surface area contributed by atoms with Crippen LogP contribution in [0.15, 0.2) is 17.4 Å².